The van der Waals surface area contributed by atoms with Crippen LogP contribution in [0.3, 0.4) is 0 Å². The molecular formula is C24H30BrCl2N3O4S. The van der Waals surface area contributed by atoms with Crippen molar-refractivity contribution in [3.8, 4) is 0 Å². The highest BCUT2D eigenvalue weighted by Gasteiger charge is 2.32. The van der Waals surface area contributed by atoms with Crippen LogP contribution in [0.25, 0.3) is 0 Å². The second kappa shape index (κ2) is 12.9. The lowest BCUT2D eigenvalue weighted by Crippen LogP contribution is -2.53. The van der Waals surface area contributed by atoms with E-state index in [1.165, 1.54) is 4.90 Å². The molecule has 2 atom stereocenters. The molecule has 2 amide bonds. The quantitative estimate of drug-likeness (QED) is 0.379. The number of rotatable bonds is 11. The normalized spacial score (nSPS) is 13.1. The molecule has 0 saturated carbocycles. The van der Waals surface area contributed by atoms with Crippen LogP contribution in [-0.4, -0.2) is 50.0 Å². The molecule has 7 nitrogen and oxygen atoms in total. The van der Waals surface area contributed by atoms with E-state index in [0.717, 1.165) is 17.0 Å². The van der Waals surface area contributed by atoms with E-state index in [2.05, 4.69) is 21.2 Å². The van der Waals surface area contributed by atoms with Crippen LogP contribution in [-0.2, 0) is 26.2 Å². The highest BCUT2D eigenvalue weighted by molar-refractivity contribution is 9.10. The van der Waals surface area contributed by atoms with Gasteiger partial charge >= 0.3 is 0 Å². The number of benzene rings is 2. The zero-order chi connectivity index (χ0) is 26.3. The Morgan fingerprint density at radius 3 is 2.31 bits per heavy atom. The average molecular weight is 607 g/mol. The first-order chi connectivity index (χ1) is 16.4. The van der Waals surface area contributed by atoms with Crippen molar-refractivity contribution in [2.24, 2.45) is 0 Å². The highest BCUT2D eigenvalue weighted by Crippen LogP contribution is 2.26. The Bertz CT molecular complexity index is 1160. The first-order valence-electron chi connectivity index (χ1n) is 11.1. The van der Waals surface area contributed by atoms with E-state index in [-0.39, 0.29) is 18.5 Å². The number of amides is 2. The third-order valence-corrected chi connectivity index (χ3v) is 7.74. The van der Waals surface area contributed by atoms with Gasteiger partial charge in [0.25, 0.3) is 0 Å². The fourth-order valence-corrected chi connectivity index (χ4v) is 5.14. The lowest BCUT2D eigenvalue weighted by atomic mass is 10.1. The fourth-order valence-electron chi connectivity index (χ4n) is 3.44. The van der Waals surface area contributed by atoms with Crippen molar-refractivity contribution < 1.29 is 18.0 Å². The highest BCUT2D eigenvalue weighted by atomic mass is 79.9. The van der Waals surface area contributed by atoms with Crippen LogP contribution >= 0.6 is 39.1 Å². The van der Waals surface area contributed by atoms with E-state index in [9.17, 15) is 18.0 Å². The summed E-state index contributed by atoms with van der Waals surface area (Å²) in [6.45, 7) is 5.16. The van der Waals surface area contributed by atoms with Crippen molar-refractivity contribution in [1.29, 1.82) is 0 Å². The second-order valence-electron chi connectivity index (χ2n) is 8.25. The molecule has 1 N–H and O–H groups in total. The van der Waals surface area contributed by atoms with Crippen LogP contribution in [0.2, 0.25) is 10.0 Å². The van der Waals surface area contributed by atoms with Crippen LogP contribution in [0.1, 0.15) is 39.2 Å². The summed E-state index contributed by atoms with van der Waals surface area (Å²) in [5.74, 6) is -0.846. The smallest absolute Gasteiger partial charge is 0.244 e. The Labute approximate surface area is 225 Å². The molecule has 0 aliphatic rings. The molecule has 0 bridgehead atoms. The number of hydrogen-bond acceptors (Lipinski definition) is 4. The molecule has 0 aliphatic carbocycles. The van der Waals surface area contributed by atoms with Crippen LogP contribution in [0, 0.1) is 0 Å². The van der Waals surface area contributed by atoms with Gasteiger partial charge in [-0.05, 0) is 55.7 Å². The molecule has 2 aromatic carbocycles. The Kier molecular flexibility index (Phi) is 10.9. The van der Waals surface area contributed by atoms with Crippen molar-refractivity contribution in [2.45, 2.75) is 52.2 Å². The predicted octanol–water partition coefficient (Wildman–Crippen LogP) is 5.24. The van der Waals surface area contributed by atoms with Crippen LogP contribution < -0.4 is 9.62 Å². The summed E-state index contributed by atoms with van der Waals surface area (Å²) >= 11 is 15.7. The van der Waals surface area contributed by atoms with E-state index in [0.29, 0.717) is 32.2 Å². The number of hydrogen-bond donors (Lipinski definition) is 1. The van der Waals surface area contributed by atoms with Gasteiger partial charge in [0, 0.05) is 27.1 Å². The summed E-state index contributed by atoms with van der Waals surface area (Å²) in [5.41, 5.74) is 0.921. The van der Waals surface area contributed by atoms with Crippen molar-refractivity contribution in [1.82, 2.24) is 10.2 Å². The number of anilines is 1. The summed E-state index contributed by atoms with van der Waals surface area (Å²) < 4.78 is 27.0. The van der Waals surface area contributed by atoms with Gasteiger partial charge in [0.1, 0.15) is 12.6 Å². The zero-order valence-electron chi connectivity index (χ0n) is 20.1. The minimum Gasteiger partial charge on any atom is -0.352 e. The van der Waals surface area contributed by atoms with Gasteiger partial charge in [-0.15, -0.1) is 0 Å². The molecule has 0 aliphatic heterocycles. The number of carbonyl (C=O) groups excluding carboxylic acids is 2. The Balaban J connectivity index is 2.48. The van der Waals surface area contributed by atoms with Crippen LogP contribution in [0.5, 0.6) is 0 Å². The first-order valence-corrected chi connectivity index (χ1v) is 14.5. The molecule has 11 heteroatoms. The molecule has 0 radical (unpaired) electrons. The standard InChI is InChI=1S/C24H30BrCl2N3O4S/c1-5-16(3)28-24(32)22(6-2)29(14-17-10-11-19(26)13-21(17)27)23(31)15-30(35(4,33)34)20-9-7-8-18(25)12-20/h7-13,16,22H,5-6,14-15H2,1-4H3,(H,28,32). The maximum absolute atomic E-state index is 13.7. The molecular weight excluding hydrogens is 577 g/mol. The van der Waals surface area contributed by atoms with Crippen molar-refractivity contribution in [3.63, 3.8) is 0 Å². The summed E-state index contributed by atoms with van der Waals surface area (Å²) in [7, 11) is -3.80. The van der Waals surface area contributed by atoms with Gasteiger partial charge in [-0.2, -0.15) is 0 Å². The minimum atomic E-state index is -3.80. The summed E-state index contributed by atoms with van der Waals surface area (Å²) in [6, 6.07) is 10.6. The molecule has 0 heterocycles. The maximum Gasteiger partial charge on any atom is 0.244 e. The van der Waals surface area contributed by atoms with Gasteiger partial charge in [-0.3, -0.25) is 13.9 Å². The molecule has 2 rings (SSSR count). The Hall–Kier alpha value is -1.81. The van der Waals surface area contributed by atoms with Crippen LogP contribution in [0.4, 0.5) is 5.69 Å². The van der Waals surface area contributed by atoms with Gasteiger partial charge < -0.3 is 10.2 Å². The molecule has 0 spiro atoms. The monoisotopic (exact) mass is 605 g/mol. The fraction of sp³-hybridized carbons (Fsp3) is 0.417. The largest absolute Gasteiger partial charge is 0.352 e. The van der Waals surface area contributed by atoms with Crippen molar-refractivity contribution in [3.05, 3.63) is 62.5 Å². The number of carbonyl (C=O) groups is 2. The first kappa shape index (κ1) is 29.4. The third-order valence-electron chi connectivity index (χ3n) is 5.52. The molecule has 0 aromatic heterocycles. The van der Waals surface area contributed by atoms with E-state index in [1.54, 1.807) is 49.4 Å². The van der Waals surface area contributed by atoms with E-state index in [4.69, 9.17) is 23.2 Å². The number of halogens is 3. The minimum absolute atomic E-state index is 0.0113. The lowest BCUT2D eigenvalue weighted by Gasteiger charge is -2.33. The molecule has 0 saturated heterocycles. The van der Waals surface area contributed by atoms with E-state index >= 15 is 0 Å². The Morgan fingerprint density at radius 1 is 1.09 bits per heavy atom. The molecule has 2 aromatic rings. The topological polar surface area (TPSA) is 86.8 Å². The number of nitrogens with one attached hydrogen (secondary N) is 1. The van der Waals surface area contributed by atoms with Gasteiger partial charge in [-0.25, -0.2) is 8.42 Å². The van der Waals surface area contributed by atoms with Crippen LogP contribution in [0.15, 0.2) is 46.9 Å². The summed E-state index contributed by atoms with van der Waals surface area (Å²) in [6.07, 6.45) is 2.09. The third kappa shape index (κ3) is 8.37. The number of nitrogens with zero attached hydrogens (tertiary/aromatic N) is 2. The Morgan fingerprint density at radius 2 is 1.77 bits per heavy atom. The summed E-state index contributed by atoms with van der Waals surface area (Å²) in [4.78, 5) is 28.2. The van der Waals surface area contributed by atoms with Gasteiger partial charge in [0.05, 0.1) is 11.9 Å². The van der Waals surface area contributed by atoms with Crippen molar-refractivity contribution in [2.75, 3.05) is 17.1 Å². The SMILES string of the molecule is CCC(C)NC(=O)C(CC)N(Cc1ccc(Cl)cc1Cl)C(=O)CN(c1cccc(Br)c1)S(C)(=O)=O. The second-order valence-corrected chi connectivity index (χ2v) is 11.9. The molecule has 192 valence electrons. The maximum atomic E-state index is 13.7. The van der Waals surface area contributed by atoms with Gasteiger partial charge in [0.2, 0.25) is 21.8 Å². The zero-order valence-corrected chi connectivity index (χ0v) is 24.0. The molecule has 35 heavy (non-hydrogen) atoms. The average Bonchev–Trinajstić information content (AvgIpc) is 2.77. The predicted molar refractivity (Wildman–Crippen MR) is 145 cm³/mol. The summed E-state index contributed by atoms with van der Waals surface area (Å²) in [5, 5.41) is 3.71. The van der Waals surface area contributed by atoms with Gasteiger partial charge in [-0.1, -0.05) is 65.1 Å². The molecule has 0 fully saturated rings. The van der Waals surface area contributed by atoms with Crippen molar-refractivity contribution >= 4 is 66.7 Å². The lowest BCUT2D eigenvalue weighted by molar-refractivity contribution is -0.140. The van der Waals surface area contributed by atoms with E-state index in [1.807, 2.05) is 13.8 Å². The van der Waals surface area contributed by atoms with Gasteiger partial charge in [0.15, 0.2) is 0 Å². The number of sulfonamides is 1. The molecule has 2 unspecified atom stereocenters. The van der Waals surface area contributed by atoms with E-state index < -0.39 is 28.5 Å².